The minimum absolute atomic E-state index is 0.0291. The van der Waals surface area contributed by atoms with Crippen molar-refractivity contribution in [3.8, 4) is 5.75 Å². The number of phenols is 1. The quantitative estimate of drug-likeness (QED) is 0.892. The van der Waals surface area contributed by atoms with Gasteiger partial charge in [-0.25, -0.2) is 0 Å². The van der Waals surface area contributed by atoms with Crippen molar-refractivity contribution in [3.05, 3.63) is 29.3 Å². The molecule has 1 fully saturated rings. The molecule has 0 spiro atoms. The molecule has 1 aromatic rings. The fraction of sp³-hybridized carbons (Fsp3) is 0.500. The number of likely N-dealkylation sites (tertiary alicyclic amines) is 1. The van der Waals surface area contributed by atoms with Crippen LogP contribution in [0.5, 0.6) is 5.75 Å². The molecule has 1 heterocycles. The smallest absolute Gasteiger partial charge is 0.251 e. The van der Waals surface area contributed by atoms with Crippen molar-refractivity contribution in [3.63, 3.8) is 0 Å². The van der Waals surface area contributed by atoms with Crippen LogP contribution < -0.4 is 5.32 Å². The van der Waals surface area contributed by atoms with Crippen LogP contribution in [-0.4, -0.2) is 41.0 Å². The second-order valence-corrected chi connectivity index (χ2v) is 5.58. The first kappa shape index (κ1) is 15.4. The Morgan fingerprint density at radius 3 is 2.52 bits per heavy atom. The molecule has 1 saturated heterocycles. The van der Waals surface area contributed by atoms with E-state index in [9.17, 15) is 14.7 Å². The maximum atomic E-state index is 12.3. The van der Waals surface area contributed by atoms with Gasteiger partial charge in [0.2, 0.25) is 5.91 Å². The van der Waals surface area contributed by atoms with Crippen LogP contribution in [0, 0.1) is 6.92 Å². The Bertz CT molecular complexity index is 536. The molecule has 21 heavy (non-hydrogen) atoms. The van der Waals surface area contributed by atoms with Crippen LogP contribution in [0.3, 0.4) is 0 Å². The van der Waals surface area contributed by atoms with E-state index >= 15 is 0 Å². The Hall–Kier alpha value is -2.04. The molecule has 1 atom stereocenters. The summed E-state index contributed by atoms with van der Waals surface area (Å²) in [4.78, 5) is 26.2. The normalized spacial score (nSPS) is 16.4. The summed E-state index contributed by atoms with van der Waals surface area (Å²) in [6.07, 6.45) is 3.23. The standard InChI is InChI=1S/C16H22N2O3/c1-11-10-13(6-7-14(11)19)15(20)17-12(2)16(21)18-8-4-3-5-9-18/h6-7,10,12,19H,3-5,8-9H2,1-2H3,(H,17,20). The predicted octanol–water partition coefficient (Wildman–Crippen LogP) is 1.83. The summed E-state index contributed by atoms with van der Waals surface area (Å²) in [7, 11) is 0. The molecule has 0 saturated carbocycles. The molecule has 5 heteroatoms. The Kier molecular flexibility index (Phi) is 4.83. The lowest BCUT2D eigenvalue weighted by atomic mass is 10.1. The van der Waals surface area contributed by atoms with Gasteiger partial charge in [-0.05, 0) is 56.9 Å². The highest BCUT2D eigenvalue weighted by Gasteiger charge is 2.23. The minimum atomic E-state index is -0.537. The van der Waals surface area contributed by atoms with E-state index in [0.717, 1.165) is 32.4 Å². The Balaban J connectivity index is 1.97. The summed E-state index contributed by atoms with van der Waals surface area (Å²) in [5, 5.41) is 12.2. The average Bonchev–Trinajstić information content (AvgIpc) is 2.50. The zero-order valence-corrected chi connectivity index (χ0v) is 12.6. The zero-order valence-electron chi connectivity index (χ0n) is 12.6. The molecule has 0 aromatic heterocycles. The average molecular weight is 290 g/mol. The van der Waals surface area contributed by atoms with Crippen LogP contribution in [0.2, 0.25) is 0 Å². The molecule has 2 N–H and O–H groups in total. The van der Waals surface area contributed by atoms with Gasteiger partial charge in [-0.15, -0.1) is 0 Å². The molecule has 1 unspecified atom stereocenters. The number of aryl methyl sites for hydroxylation is 1. The molecule has 1 aliphatic heterocycles. The number of nitrogens with zero attached hydrogens (tertiary/aromatic N) is 1. The van der Waals surface area contributed by atoms with E-state index in [1.165, 1.54) is 6.07 Å². The summed E-state index contributed by atoms with van der Waals surface area (Å²) < 4.78 is 0. The van der Waals surface area contributed by atoms with Gasteiger partial charge in [-0.1, -0.05) is 0 Å². The van der Waals surface area contributed by atoms with Crippen LogP contribution in [0.25, 0.3) is 0 Å². The lowest BCUT2D eigenvalue weighted by Gasteiger charge is -2.29. The van der Waals surface area contributed by atoms with Gasteiger partial charge < -0.3 is 15.3 Å². The Labute approximate surface area is 125 Å². The monoisotopic (exact) mass is 290 g/mol. The minimum Gasteiger partial charge on any atom is -0.508 e. The van der Waals surface area contributed by atoms with Crippen LogP contribution in [0.1, 0.15) is 42.1 Å². The molecule has 0 aliphatic carbocycles. The number of benzene rings is 1. The van der Waals surface area contributed by atoms with Crippen molar-refractivity contribution in [2.75, 3.05) is 13.1 Å². The zero-order chi connectivity index (χ0) is 15.4. The van der Waals surface area contributed by atoms with Gasteiger partial charge in [0.15, 0.2) is 0 Å². The van der Waals surface area contributed by atoms with E-state index in [1.807, 2.05) is 4.90 Å². The molecule has 0 radical (unpaired) electrons. The molecule has 1 aliphatic rings. The van der Waals surface area contributed by atoms with Gasteiger partial charge in [0.25, 0.3) is 5.91 Å². The number of amides is 2. The van der Waals surface area contributed by atoms with Crippen molar-refractivity contribution >= 4 is 11.8 Å². The van der Waals surface area contributed by atoms with E-state index in [4.69, 9.17) is 0 Å². The third kappa shape index (κ3) is 3.74. The molecule has 2 amide bonds. The lowest BCUT2D eigenvalue weighted by Crippen LogP contribution is -2.48. The summed E-state index contributed by atoms with van der Waals surface area (Å²) in [5.41, 5.74) is 1.08. The van der Waals surface area contributed by atoms with Crippen LogP contribution in [0.15, 0.2) is 18.2 Å². The summed E-state index contributed by atoms with van der Waals surface area (Å²) in [6, 6.07) is 4.12. The Morgan fingerprint density at radius 2 is 1.90 bits per heavy atom. The largest absolute Gasteiger partial charge is 0.508 e. The fourth-order valence-corrected chi connectivity index (χ4v) is 2.53. The number of aromatic hydroxyl groups is 1. The number of rotatable bonds is 3. The van der Waals surface area contributed by atoms with Gasteiger partial charge in [0, 0.05) is 18.7 Å². The van der Waals surface area contributed by atoms with Gasteiger partial charge in [0.05, 0.1) is 0 Å². The Morgan fingerprint density at radius 1 is 1.24 bits per heavy atom. The maximum Gasteiger partial charge on any atom is 0.251 e. The maximum absolute atomic E-state index is 12.3. The summed E-state index contributed by atoms with van der Waals surface area (Å²) in [5.74, 6) is -0.168. The predicted molar refractivity (Wildman–Crippen MR) is 80.2 cm³/mol. The van der Waals surface area contributed by atoms with E-state index in [1.54, 1.807) is 26.0 Å². The topological polar surface area (TPSA) is 69.6 Å². The first-order valence-corrected chi connectivity index (χ1v) is 7.38. The highest BCUT2D eigenvalue weighted by atomic mass is 16.3. The van der Waals surface area contributed by atoms with E-state index < -0.39 is 6.04 Å². The highest BCUT2D eigenvalue weighted by molar-refractivity contribution is 5.97. The van der Waals surface area contributed by atoms with Gasteiger partial charge in [-0.3, -0.25) is 9.59 Å². The molecular formula is C16H22N2O3. The van der Waals surface area contributed by atoms with Crippen molar-refractivity contribution in [2.24, 2.45) is 0 Å². The molecule has 114 valence electrons. The van der Waals surface area contributed by atoms with Crippen molar-refractivity contribution in [1.29, 1.82) is 0 Å². The van der Waals surface area contributed by atoms with Crippen molar-refractivity contribution in [1.82, 2.24) is 10.2 Å². The van der Waals surface area contributed by atoms with Gasteiger partial charge in [0.1, 0.15) is 11.8 Å². The fourth-order valence-electron chi connectivity index (χ4n) is 2.53. The third-order valence-electron chi connectivity index (χ3n) is 3.84. The molecular weight excluding hydrogens is 268 g/mol. The number of nitrogens with one attached hydrogen (secondary N) is 1. The van der Waals surface area contributed by atoms with Gasteiger partial charge >= 0.3 is 0 Å². The van der Waals surface area contributed by atoms with E-state index in [-0.39, 0.29) is 17.6 Å². The summed E-state index contributed by atoms with van der Waals surface area (Å²) >= 11 is 0. The molecule has 2 rings (SSSR count). The van der Waals surface area contributed by atoms with Crippen molar-refractivity contribution < 1.29 is 14.7 Å². The lowest BCUT2D eigenvalue weighted by molar-refractivity contribution is -0.133. The van der Waals surface area contributed by atoms with E-state index in [0.29, 0.717) is 11.1 Å². The first-order chi connectivity index (χ1) is 9.99. The second kappa shape index (κ2) is 6.61. The number of phenolic OH excluding ortho intramolecular Hbond substituents is 1. The second-order valence-electron chi connectivity index (χ2n) is 5.58. The van der Waals surface area contributed by atoms with Crippen molar-refractivity contribution in [2.45, 2.75) is 39.2 Å². The first-order valence-electron chi connectivity index (χ1n) is 7.38. The third-order valence-corrected chi connectivity index (χ3v) is 3.84. The van der Waals surface area contributed by atoms with Crippen LogP contribution >= 0.6 is 0 Å². The highest BCUT2D eigenvalue weighted by Crippen LogP contribution is 2.17. The number of carbonyl (C=O) groups excluding carboxylic acids is 2. The van der Waals surface area contributed by atoms with E-state index in [2.05, 4.69) is 5.32 Å². The number of hydrogen-bond acceptors (Lipinski definition) is 3. The molecule has 1 aromatic carbocycles. The number of piperidine rings is 1. The van der Waals surface area contributed by atoms with Gasteiger partial charge in [-0.2, -0.15) is 0 Å². The van der Waals surface area contributed by atoms with Crippen LogP contribution in [-0.2, 0) is 4.79 Å². The van der Waals surface area contributed by atoms with Crippen LogP contribution in [0.4, 0.5) is 0 Å². The number of carbonyl (C=O) groups is 2. The number of hydrogen-bond donors (Lipinski definition) is 2. The SMILES string of the molecule is Cc1cc(C(=O)NC(C)C(=O)N2CCCCC2)ccc1O. The summed E-state index contributed by atoms with van der Waals surface area (Å²) in [6.45, 7) is 4.99. The molecule has 0 bridgehead atoms. The molecule has 5 nitrogen and oxygen atoms in total.